The standard InChI is InChI=1S/C63H60N4P4Se.C4H10O.CHCl3/c72-68-43-46-69(55-28-7-1-8-29-55,56-30-9-2-10-31-56)64-61-40-22-19-25-52(61)49-67(50-53-26-20-23-41-62(53)65-70(47-44-68,57-32-11-3-12-33-57)58-34-13-4-14-35-58)51-54-27-21-24-42-63(54)66-71(48-45-68,59-36-15-5-16-37-59)60-38-17-6-18-39-60;1-3-5-4-2;2-1(3)4/h1-42H,43-51H2;3-4H2,1-2H3;1H. The molecule has 0 N–H and O–H groups in total. The molecule has 12 rings (SSSR count). The minimum atomic E-state index is -2.47. The average Bonchev–Trinajstić information content (AvgIpc) is 3.65. The molecule has 81 heavy (non-hydrogen) atoms. The maximum atomic E-state index is 6.30. The molecule has 0 aromatic heterocycles. The van der Waals surface area contributed by atoms with Crippen LogP contribution in [0.25, 0.3) is 0 Å². The Hall–Kier alpha value is -4.59. The first kappa shape index (κ1) is 61.0. The molecule has 5 nitrogen and oxygen atoms in total. The van der Waals surface area contributed by atoms with E-state index in [0.29, 0.717) is 19.6 Å². The van der Waals surface area contributed by atoms with Crippen molar-refractivity contribution in [2.24, 2.45) is 14.2 Å². The van der Waals surface area contributed by atoms with Crippen LogP contribution < -0.4 is 31.8 Å². The summed E-state index contributed by atoms with van der Waals surface area (Å²) in [5.41, 5.74) is 4.89. The fraction of sp³-hybridized carbons (Fsp3) is 0.206. The number of rotatable bonds is 8. The summed E-state index contributed by atoms with van der Waals surface area (Å²) in [5, 5.41) is 7.97. The first-order valence-corrected chi connectivity index (χ1v) is 39.4. The fourth-order valence-electron chi connectivity index (χ4n) is 11.0. The summed E-state index contributed by atoms with van der Waals surface area (Å²) in [6, 6.07) is 95.0. The molecule has 0 fully saturated rings. The topological polar surface area (TPSA) is 49.5 Å². The Kier molecular flexibility index (Phi) is 22.4. The van der Waals surface area contributed by atoms with Crippen LogP contribution >= 0.6 is 61.5 Å². The van der Waals surface area contributed by atoms with Crippen LogP contribution in [0.2, 0.25) is 0 Å². The molecule has 0 atom stereocenters. The summed E-state index contributed by atoms with van der Waals surface area (Å²) in [6.45, 7) is 7.75. The van der Waals surface area contributed by atoms with Crippen LogP contribution in [-0.2, 0) is 24.4 Å². The van der Waals surface area contributed by atoms with Gasteiger partial charge in [-0.15, -0.1) is 0 Å². The van der Waals surface area contributed by atoms with Gasteiger partial charge in [0, 0.05) is 13.2 Å². The number of alkyl halides is 3. The van der Waals surface area contributed by atoms with E-state index in [1.807, 2.05) is 13.8 Å². The second-order valence-electron chi connectivity index (χ2n) is 20.1. The Morgan fingerprint density at radius 1 is 0.358 bits per heavy atom. The number of hydrogen-bond acceptors (Lipinski definition) is 5. The molecule has 3 heterocycles. The zero-order chi connectivity index (χ0) is 56.4. The van der Waals surface area contributed by atoms with Gasteiger partial charge in [0.1, 0.15) is 0 Å². The van der Waals surface area contributed by atoms with Gasteiger partial charge in [-0.2, -0.15) is 0 Å². The van der Waals surface area contributed by atoms with E-state index in [0.717, 1.165) is 67.2 Å². The van der Waals surface area contributed by atoms with Crippen molar-refractivity contribution in [3.63, 3.8) is 0 Å². The van der Waals surface area contributed by atoms with Crippen molar-refractivity contribution in [3.8, 4) is 0 Å². The molecule has 0 amide bonds. The van der Waals surface area contributed by atoms with Crippen LogP contribution in [0, 0.1) is 0 Å². The van der Waals surface area contributed by atoms with Gasteiger partial charge in [-0.3, -0.25) is 0 Å². The van der Waals surface area contributed by atoms with Crippen molar-refractivity contribution in [1.29, 1.82) is 0 Å². The molecule has 0 radical (unpaired) electrons. The Morgan fingerprint density at radius 3 is 0.778 bits per heavy atom. The van der Waals surface area contributed by atoms with Gasteiger partial charge in [-0.05, 0) is 13.8 Å². The van der Waals surface area contributed by atoms with E-state index >= 15 is 0 Å². The predicted octanol–water partition coefficient (Wildman–Crippen LogP) is 17.5. The summed E-state index contributed by atoms with van der Waals surface area (Å²) in [6.07, 6.45) is 5.94. The molecular formula is C68H71Cl3N4OP4Se. The normalized spacial score (nSPS) is 18.3. The number of nitrogens with zero attached hydrogens (tertiary/aromatic N) is 4. The van der Waals surface area contributed by atoms with Gasteiger partial charge in [0.25, 0.3) is 0 Å². The molecule has 0 aliphatic carbocycles. The third-order valence-corrected chi connectivity index (χ3v) is 33.8. The van der Waals surface area contributed by atoms with Crippen molar-refractivity contribution >= 4 is 125 Å². The zero-order valence-corrected chi connectivity index (χ0v) is 53.7. The van der Waals surface area contributed by atoms with Crippen molar-refractivity contribution in [1.82, 2.24) is 4.90 Å². The minimum absolute atomic E-state index is 0.694. The van der Waals surface area contributed by atoms with Gasteiger partial charge >= 0.3 is 438 Å². The molecule has 3 aliphatic heterocycles. The van der Waals surface area contributed by atoms with E-state index in [2.05, 4.69) is 275 Å². The molecule has 0 unspecified atom stereocenters. The van der Waals surface area contributed by atoms with Gasteiger partial charge in [-0.25, -0.2) is 0 Å². The Morgan fingerprint density at radius 2 is 0.568 bits per heavy atom. The van der Waals surface area contributed by atoms with Gasteiger partial charge in [0.2, 0.25) is 0 Å². The second kappa shape index (κ2) is 29.8. The summed E-state index contributed by atoms with van der Waals surface area (Å²) in [4.78, 5) is 2.63. The van der Waals surface area contributed by atoms with E-state index < -0.39 is 31.0 Å². The van der Waals surface area contributed by atoms with Crippen LogP contribution in [-0.4, -0.2) is 74.5 Å². The summed E-state index contributed by atoms with van der Waals surface area (Å²) >= 11 is 18.6. The van der Waals surface area contributed by atoms with Crippen LogP contribution in [0.4, 0.5) is 17.1 Å². The van der Waals surface area contributed by atoms with Crippen LogP contribution in [0.15, 0.2) is 269 Å². The Balaban J connectivity index is 0.000000819. The third-order valence-electron chi connectivity index (χ3n) is 15.0. The molecule has 0 spiro atoms. The van der Waals surface area contributed by atoms with Gasteiger partial charge in [-0.1, -0.05) is 34.8 Å². The van der Waals surface area contributed by atoms with Crippen LogP contribution in [0.1, 0.15) is 30.5 Å². The van der Waals surface area contributed by atoms with E-state index in [-0.39, 0.29) is 0 Å². The quantitative estimate of drug-likeness (QED) is 0.0865. The predicted molar refractivity (Wildman–Crippen MR) is 361 cm³/mol. The molecular weight excluding hydrogens is 1200 g/mol. The van der Waals surface area contributed by atoms with E-state index in [1.165, 1.54) is 48.5 Å². The van der Waals surface area contributed by atoms with Crippen molar-refractivity contribution in [2.45, 2.75) is 37.8 Å². The SMILES string of the molecule is CCOCC.ClC(Cl)Cl.[Se]=P12CCP(c3ccccc3)(c3ccccc3)=Nc3ccccc3CN(Cc3ccccc3N=P(c3ccccc3)(c3ccccc3)CC1)Cc1ccccc1N=P(c1ccccc1)(c1ccccc1)CC2. The molecule has 13 heteroatoms. The first-order valence-electron chi connectivity index (χ1n) is 27.8. The number of halogens is 3. The van der Waals surface area contributed by atoms with Crippen LogP contribution in [0.3, 0.4) is 0 Å². The number of fused-ring (bicyclic) bond motifs is 6. The molecule has 416 valence electrons. The van der Waals surface area contributed by atoms with E-state index in [4.69, 9.17) is 53.8 Å². The average molecular weight is 1270 g/mol. The van der Waals surface area contributed by atoms with Gasteiger partial charge in [0.05, 0.1) is 0 Å². The zero-order valence-electron chi connectivity index (χ0n) is 46.1. The van der Waals surface area contributed by atoms with E-state index in [1.54, 1.807) is 0 Å². The van der Waals surface area contributed by atoms with Gasteiger partial charge < -0.3 is 4.74 Å². The van der Waals surface area contributed by atoms with Gasteiger partial charge in [0.15, 0.2) is 4.30 Å². The Labute approximate surface area is 504 Å². The first-order chi connectivity index (χ1) is 39.6. The molecule has 2 bridgehead atoms. The number of ether oxygens (including phenoxy) is 1. The molecule has 9 aromatic carbocycles. The fourth-order valence-corrected chi connectivity index (χ4v) is 33.2. The van der Waals surface area contributed by atoms with E-state index in [9.17, 15) is 0 Å². The molecule has 9 aromatic rings. The Bertz CT molecular complexity index is 3150. The summed E-state index contributed by atoms with van der Waals surface area (Å²) in [5.74, 6) is 0. The second-order valence-corrected chi connectivity index (χ2v) is 40.1. The third kappa shape index (κ3) is 15.4. The monoisotopic (exact) mass is 1270 g/mol. The van der Waals surface area contributed by atoms with Crippen molar-refractivity contribution in [3.05, 3.63) is 271 Å². The molecule has 0 saturated carbocycles. The van der Waals surface area contributed by atoms with Crippen molar-refractivity contribution in [2.75, 3.05) is 50.2 Å². The summed E-state index contributed by atoms with van der Waals surface area (Å²) in [7, 11) is -7.42. The van der Waals surface area contributed by atoms with Crippen molar-refractivity contribution < 1.29 is 4.74 Å². The number of hydrogen-bond donors (Lipinski definition) is 0. The maximum absolute atomic E-state index is 6.30. The molecule has 0 saturated heterocycles. The van der Waals surface area contributed by atoms with Crippen LogP contribution in [0.5, 0.6) is 0 Å². The summed E-state index contributed by atoms with van der Waals surface area (Å²) < 4.78 is 23.0. The number of benzene rings is 9. The molecule has 3 aliphatic rings.